The molecule has 0 spiro atoms. The molecule has 3 atom stereocenters. The van der Waals surface area contributed by atoms with Crippen LogP contribution in [0.5, 0.6) is 5.75 Å². The summed E-state index contributed by atoms with van der Waals surface area (Å²) in [6.07, 6.45) is 2.43. The van der Waals surface area contributed by atoms with Crippen LogP contribution in [-0.2, 0) is 49.5 Å². The molecule has 14 heteroatoms. The highest BCUT2D eigenvalue weighted by molar-refractivity contribution is 7.54. The van der Waals surface area contributed by atoms with E-state index < -0.39 is 52.0 Å². The van der Waals surface area contributed by atoms with Crippen LogP contribution in [0.1, 0.15) is 137 Å². The van der Waals surface area contributed by atoms with Crippen LogP contribution in [0.15, 0.2) is 36.4 Å². The Balaban J connectivity index is 2.35. The summed E-state index contributed by atoms with van der Waals surface area (Å²) >= 11 is 0. The molecule has 0 amide bonds. The Labute approximate surface area is 372 Å². The van der Waals surface area contributed by atoms with E-state index in [1.54, 1.807) is 0 Å². The standard InChI is InChI=1S/C47H84N2O9P2Si/c1-35-23-25-39(37(3)28-35)30-48(33-59(50,55-44(5,6)7)56-45(8,9)10)38(4)41(32-53-61(17,18)19)49(34-60(51,57-46(11,12)13)58-47(14,15)16)31-40-26-24-36(2)29-42(40)54-43-22-20-21-27-52-43/h23-26,28-29,38,41,43H,20-22,27,30-34H2,1-19H3. The molecule has 0 bridgehead atoms. The van der Waals surface area contributed by atoms with Crippen LogP contribution in [0.2, 0.25) is 19.6 Å². The number of hydrogen-bond donors (Lipinski definition) is 0. The van der Waals surface area contributed by atoms with Crippen molar-refractivity contribution in [2.24, 2.45) is 0 Å². The summed E-state index contributed by atoms with van der Waals surface area (Å²) in [5.74, 6) is 0.714. The fourth-order valence-corrected chi connectivity index (χ4v) is 13.2. The number of nitrogens with zero attached hydrogens (tertiary/aromatic N) is 2. The van der Waals surface area contributed by atoms with Crippen molar-refractivity contribution < 1.29 is 41.1 Å². The van der Waals surface area contributed by atoms with E-state index >= 15 is 9.13 Å². The fourth-order valence-electron chi connectivity index (χ4n) is 7.30. The molecule has 61 heavy (non-hydrogen) atoms. The van der Waals surface area contributed by atoms with Gasteiger partial charge in [-0.2, -0.15) is 0 Å². The van der Waals surface area contributed by atoms with Crippen molar-refractivity contribution in [3.05, 3.63) is 64.2 Å². The Hall–Kier alpha value is -1.40. The summed E-state index contributed by atoms with van der Waals surface area (Å²) in [5.41, 5.74) is 2.26. The topological polar surface area (TPSA) is 105 Å². The minimum atomic E-state index is -3.89. The zero-order valence-electron chi connectivity index (χ0n) is 41.5. The van der Waals surface area contributed by atoms with Crippen LogP contribution >= 0.6 is 15.2 Å². The van der Waals surface area contributed by atoms with Crippen LogP contribution in [0.3, 0.4) is 0 Å². The predicted molar refractivity (Wildman–Crippen MR) is 253 cm³/mol. The molecular formula is C47H84N2O9P2Si. The summed E-state index contributed by atoms with van der Waals surface area (Å²) in [7, 11) is -9.85. The lowest BCUT2D eigenvalue weighted by Gasteiger charge is -2.45. The molecule has 1 heterocycles. The van der Waals surface area contributed by atoms with E-state index in [0.29, 0.717) is 32.1 Å². The summed E-state index contributed by atoms with van der Waals surface area (Å²) in [5, 5.41) is 0. The van der Waals surface area contributed by atoms with Crippen molar-refractivity contribution in [1.29, 1.82) is 0 Å². The molecule has 2 aromatic rings. The second kappa shape index (κ2) is 21.3. The Morgan fingerprint density at radius 2 is 1.15 bits per heavy atom. The third-order valence-electron chi connectivity index (χ3n) is 9.51. The summed E-state index contributed by atoms with van der Waals surface area (Å²) < 4.78 is 76.2. The fraction of sp³-hybridized carbons (Fsp3) is 0.745. The van der Waals surface area contributed by atoms with Gasteiger partial charge in [0.15, 0.2) is 14.6 Å². The zero-order valence-corrected chi connectivity index (χ0v) is 44.3. The van der Waals surface area contributed by atoms with Gasteiger partial charge in [0.2, 0.25) is 0 Å². The number of hydrogen-bond acceptors (Lipinski definition) is 11. The molecule has 1 aliphatic heterocycles. The van der Waals surface area contributed by atoms with Gasteiger partial charge in [-0.3, -0.25) is 18.9 Å². The molecule has 0 aromatic heterocycles. The highest BCUT2D eigenvalue weighted by atomic mass is 31.2. The quantitative estimate of drug-likeness (QED) is 0.0936. The lowest BCUT2D eigenvalue weighted by atomic mass is 10.0. The molecular weight excluding hydrogens is 827 g/mol. The smallest absolute Gasteiger partial charge is 0.345 e. The van der Waals surface area contributed by atoms with Gasteiger partial charge >= 0.3 is 15.2 Å². The maximum Gasteiger partial charge on any atom is 0.345 e. The monoisotopic (exact) mass is 911 g/mol. The SMILES string of the molecule is Cc1ccc(CN(CP(=O)(OC(C)(C)C)OC(C)(C)C)C(C)C(CO[Si](C)(C)C)N(Cc2ccc(C)cc2OC2CCCCO2)CP(=O)(OC(C)(C)C)OC(C)(C)C)c(C)c1. The Bertz CT molecular complexity index is 1760. The predicted octanol–water partition coefficient (Wildman–Crippen LogP) is 13.0. The van der Waals surface area contributed by atoms with E-state index in [0.717, 1.165) is 47.1 Å². The Morgan fingerprint density at radius 3 is 1.59 bits per heavy atom. The molecule has 3 unspecified atom stereocenters. The van der Waals surface area contributed by atoms with Crippen LogP contribution in [0, 0.1) is 20.8 Å². The molecule has 1 saturated heterocycles. The maximum atomic E-state index is 15.4. The maximum absolute atomic E-state index is 15.4. The second-order valence-corrected chi connectivity index (χ2v) is 30.3. The molecule has 0 saturated carbocycles. The Morgan fingerprint density at radius 1 is 0.689 bits per heavy atom. The first-order valence-electron chi connectivity index (χ1n) is 22.2. The molecule has 0 aliphatic carbocycles. The number of aryl methyl sites for hydroxylation is 3. The summed E-state index contributed by atoms with van der Waals surface area (Å²) in [6, 6.07) is 11.8. The Kier molecular flexibility index (Phi) is 18.8. The van der Waals surface area contributed by atoms with Crippen molar-refractivity contribution in [2.45, 2.75) is 204 Å². The van der Waals surface area contributed by atoms with Gasteiger partial charge < -0.3 is 32.0 Å². The highest BCUT2D eigenvalue weighted by Gasteiger charge is 2.44. The first-order chi connectivity index (χ1) is 27.6. The van der Waals surface area contributed by atoms with Crippen molar-refractivity contribution in [2.75, 3.05) is 25.8 Å². The van der Waals surface area contributed by atoms with E-state index in [9.17, 15) is 0 Å². The average molecular weight is 911 g/mol. The third-order valence-corrected chi connectivity index (χ3v) is 15.3. The third kappa shape index (κ3) is 20.1. The number of ether oxygens (including phenoxy) is 2. The lowest BCUT2D eigenvalue weighted by Crippen LogP contribution is -2.54. The molecule has 350 valence electrons. The van der Waals surface area contributed by atoms with E-state index in [-0.39, 0.29) is 24.9 Å². The second-order valence-electron chi connectivity index (χ2n) is 22.0. The molecule has 11 nitrogen and oxygen atoms in total. The molecule has 1 aliphatic rings. The molecule has 3 rings (SSSR count). The van der Waals surface area contributed by atoms with Crippen LogP contribution < -0.4 is 4.74 Å². The van der Waals surface area contributed by atoms with Gasteiger partial charge in [-0.15, -0.1) is 0 Å². The largest absolute Gasteiger partial charge is 0.465 e. The van der Waals surface area contributed by atoms with Gasteiger partial charge in [-0.25, -0.2) is 0 Å². The van der Waals surface area contributed by atoms with Gasteiger partial charge in [0.25, 0.3) is 0 Å². The molecule has 0 N–H and O–H groups in total. The normalized spacial score (nSPS) is 17.6. The number of rotatable bonds is 20. The van der Waals surface area contributed by atoms with Crippen LogP contribution in [-0.4, -0.2) is 84.7 Å². The average Bonchev–Trinajstić information content (AvgIpc) is 3.03. The summed E-state index contributed by atoms with van der Waals surface area (Å²) in [6.45, 7) is 39.4. The van der Waals surface area contributed by atoms with Gasteiger partial charge in [0, 0.05) is 37.2 Å². The number of benzene rings is 2. The summed E-state index contributed by atoms with van der Waals surface area (Å²) in [4.78, 5) is 4.38. The van der Waals surface area contributed by atoms with Crippen molar-refractivity contribution in [1.82, 2.24) is 9.80 Å². The van der Waals surface area contributed by atoms with Crippen LogP contribution in [0.4, 0.5) is 0 Å². The van der Waals surface area contributed by atoms with E-state index in [4.69, 9.17) is 32.0 Å². The van der Waals surface area contributed by atoms with Crippen molar-refractivity contribution in [3.8, 4) is 5.75 Å². The van der Waals surface area contributed by atoms with Crippen LogP contribution in [0.25, 0.3) is 0 Å². The molecule has 0 radical (unpaired) electrons. The molecule has 2 aromatic carbocycles. The van der Waals surface area contributed by atoms with E-state index in [1.165, 1.54) is 0 Å². The van der Waals surface area contributed by atoms with Gasteiger partial charge in [0.05, 0.1) is 35.6 Å². The van der Waals surface area contributed by atoms with Gasteiger partial charge in [-0.05, 0) is 166 Å². The molecule has 1 fully saturated rings. The minimum absolute atomic E-state index is 0.000135. The van der Waals surface area contributed by atoms with E-state index in [2.05, 4.69) is 86.6 Å². The zero-order chi connectivity index (χ0) is 46.4. The first kappa shape index (κ1) is 53.9. The lowest BCUT2D eigenvalue weighted by molar-refractivity contribution is -0.106. The van der Waals surface area contributed by atoms with E-state index in [1.807, 2.05) is 90.0 Å². The highest BCUT2D eigenvalue weighted by Crippen LogP contribution is 2.57. The van der Waals surface area contributed by atoms with Gasteiger partial charge in [0.1, 0.15) is 18.3 Å². The minimum Gasteiger partial charge on any atom is -0.465 e. The first-order valence-corrected chi connectivity index (χ1v) is 29.1. The van der Waals surface area contributed by atoms with Crippen molar-refractivity contribution >= 4 is 23.5 Å². The van der Waals surface area contributed by atoms with Crippen molar-refractivity contribution in [3.63, 3.8) is 0 Å². The van der Waals surface area contributed by atoms with Gasteiger partial charge in [-0.1, -0.05) is 35.9 Å².